The van der Waals surface area contributed by atoms with E-state index in [-0.39, 0.29) is 5.56 Å². The van der Waals surface area contributed by atoms with Crippen LogP contribution in [0.2, 0.25) is 0 Å². The number of carbonyl (C=O) groups is 2. The Hall–Kier alpha value is -2.93. The highest BCUT2D eigenvalue weighted by Crippen LogP contribution is 2.31. The molecular formula is C19H20N2O8S. The monoisotopic (exact) mass is 436 g/mol. The molecule has 1 aromatic carbocycles. The zero-order valence-electron chi connectivity index (χ0n) is 15.9. The molecule has 2 rings (SSSR count). The van der Waals surface area contributed by atoms with Gasteiger partial charge in [-0.2, -0.15) is 0 Å². The second-order valence-corrected chi connectivity index (χ2v) is 8.54. The topological polar surface area (TPSA) is 162 Å². The second-order valence-electron chi connectivity index (χ2n) is 6.48. The smallest absolute Gasteiger partial charge is 0.268 e. The van der Waals surface area contributed by atoms with E-state index in [0.717, 1.165) is 0 Å². The predicted octanol–water partition coefficient (Wildman–Crippen LogP) is -2.19. The molecule has 11 heteroatoms. The number of rotatable bonds is 6. The van der Waals surface area contributed by atoms with Crippen molar-refractivity contribution >= 4 is 21.7 Å². The molecule has 2 amide bonds. The summed E-state index contributed by atoms with van der Waals surface area (Å²) in [6.07, 6.45) is -1.17. The Kier molecular flexibility index (Phi) is 7.56. The quantitative estimate of drug-likeness (QED) is 0.191. The van der Waals surface area contributed by atoms with Crippen LogP contribution in [0, 0.1) is 23.7 Å². The van der Waals surface area contributed by atoms with Crippen LogP contribution in [0.5, 0.6) is 0 Å². The number of aliphatic hydroxyl groups excluding tert-OH is 2. The van der Waals surface area contributed by atoms with Gasteiger partial charge in [-0.3, -0.25) is 14.8 Å². The van der Waals surface area contributed by atoms with Gasteiger partial charge >= 0.3 is 0 Å². The van der Waals surface area contributed by atoms with Crippen molar-refractivity contribution in [3.05, 3.63) is 35.4 Å². The average Bonchev–Trinajstić information content (AvgIpc) is 2.72. The van der Waals surface area contributed by atoms with E-state index in [1.807, 2.05) is 0 Å². The van der Waals surface area contributed by atoms with E-state index in [0.29, 0.717) is 5.56 Å². The van der Waals surface area contributed by atoms with E-state index in [2.05, 4.69) is 29.0 Å². The third kappa shape index (κ3) is 5.57. The van der Waals surface area contributed by atoms with Crippen molar-refractivity contribution in [3.63, 3.8) is 0 Å². The normalized spacial score (nSPS) is 17.6. The lowest BCUT2D eigenvalue weighted by Crippen LogP contribution is -2.71. The number of ether oxygens (including phenoxy) is 1. The summed E-state index contributed by atoms with van der Waals surface area (Å²) in [4.78, 5) is 24.6. The molecule has 10 nitrogen and oxygen atoms in total. The highest BCUT2D eigenvalue weighted by molar-refractivity contribution is 7.93. The van der Waals surface area contributed by atoms with Gasteiger partial charge < -0.3 is 20.3 Å². The van der Waals surface area contributed by atoms with Crippen LogP contribution in [-0.4, -0.2) is 78.6 Å². The van der Waals surface area contributed by atoms with Crippen LogP contribution in [0.3, 0.4) is 0 Å². The Morgan fingerprint density at radius 1 is 1.23 bits per heavy atom. The van der Waals surface area contributed by atoms with Gasteiger partial charge in [-0.05, 0) is 36.1 Å². The van der Waals surface area contributed by atoms with Gasteiger partial charge in [-0.1, -0.05) is 11.8 Å². The first kappa shape index (κ1) is 23.3. The Bertz CT molecular complexity index is 1020. The molecule has 30 heavy (non-hydrogen) atoms. The third-order valence-electron chi connectivity index (χ3n) is 4.34. The summed E-state index contributed by atoms with van der Waals surface area (Å²) < 4.78 is 28.4. The Labute approximate surface area is 173 Å². The van der Waals surface area contributed by atoms with Crippen molar-refractivity contribution in [1.82, 2.24) is 10.8 Å². The molecule has 0 spiro atoms. The zero-order valence-corrected chi connectivity index (χ0v) is 16.7. The van der Waals surface area contributed by atoms with Crippen LogP contribution in [0.25, 0.3) is 0 Å². The first-order valence-corrected chi connectivity index (χ1v) is 10.4. The molecule has 1 heterocycles. The first-order valence-electron chi connectivity index (χ1n) is 8.57. The van der Waals surface area contributed by atoms with Crippen molar-refractivity contribution in [1.29, 1.82) is 0 Å². The average molecular weight is 436 g/mol. The lowest BCUT2D eigenvalue weighted by atomic mass is 9.95. The summed E-state index contributed by atoms with van der Waals surface area (Å²) in [5.74, 6) is 7.21. The highest BCUT2D eigenvalue weighted by atomic mass is 32.2. The number of hydroxylamine groups is 1. The van der Waals surface area contributed by atoms with Crippen LogP contribution < -0.4 is 10.8 Å². The van der Waals surface area contributed by atoms with Crippen molar-refractivity contribution in [2.45, 2.75) is 17.7 Å². The second kappa shape index (κ2) is 9.71. The molecule has 1 fully saturated rings. The van der Waals surface area contributed by atoms with Gasteiger partial charge in [0.1, 0.15) is 17.7 Å². The fourth-order valence-corrected chi connectivity index (χ4v) is 4.77. The number of amides is 2. The largest absolute Gasteiger partial charge is 0.393 e. The minimum atomic E-state index is -3.41. The molecule has 1 unspecified atom stereocenters. The number of methoxy groups -OCH3 is 1. The number of carbonyl (C=O) groups excluding carboxylic acids is 2. The van der Waals surface area contributed by atoms with Crippen molar-refractivity contribution < 1.29 is 38.2 Å². The molecule has 1 aromatic rings. The fourth-order valence-electron chi connectivity index (χ4n) is 2.79. The molecule has 1 aliphatic rings. The predicted molar refractivity (Wildman–Crippen MR) is 104 cm³/mol. The summed E-state index contributed by atoms with van der Waals surface area (Å²) >= 11 is 0. The van der Waals surface area contributed by atoms with E-state index >= 15 is 0 Å². The Morgan fingerprint density at radius 2 is 1.87 bits per heavy atom. The van der Waals surface area contributed by atoms with Gasteiger partial charge in [0.2, 0.25) is 0 Å². The third-order valence-corrected chi connectivity index (χ3v) is 6.19. The molecule has 5 N–H and O–H groups in total. The molecule has 0 aliphatic carbocycles. The standard InChI is InChI=1S/C19H20N2O8S/c1-29-19(11-30(27,28)12-19)16(18(25)21-26)20-17(24)14-8-6-13(7-9-14)4-2-3-5-15(23)10-22/h6-9,15-16,22-23,26H,10-12H2,1H3,(H,20,24)(H,21,25)/t15-,16?/m0/s1. The Morgan fingerprint density at radius 3 is 2.37 bits per heavy atom. The molecule has 2 atom stereocenters. The van der Waals surface area contributed by atoms with Crippen LogP contribution in [0.4, 0.5) is 0 Å². The summed E-state index contributed by atoms with van der Waals surface area (Å²) in [6.45, 7) is -0.496. The number of hydrogen-bond donors (Lipinski definition) is 5. The molecule has 0 saturated carbocycles. The van der Waals surface area contributed by atoms with Gasteiger partial charge in [0.15, 0.2) is 9.84 Å². The van der Waals surface area contributed by atoms with Crippen LogP contribution >= 0.6 is 0 Å². The van der Waals surface area contributed by atoms with Gasteiger partial charge in [0.05, 0.1) is 18.1 Å². The van der Waals surface area contributed by atoms with Crippen LogP contribution in [0.1, 0.15) is 15.9 Å². The SMILES string of the molecule is COC1(C(NC(=O)c2ccc(C#CC#C[C@H](O)CO)cc2)C(=O)NO)CS(=O)(=O)C1. The minimum absolute atomic E-state index is 0.159. The van der Waals surface area contributed by atoms with E-state index in [9.17, 15) is 18.0 Å². The number of nitrogens with one attached hydrogen (secondary N) is 2. The maximum atomic E-state index is 12.5. The zero-order chi connectivity index (χ0) is 22.4. The summed E-state index contributed by atoms with van der Waals surface area (Å²) in [5.41, 5.74) is 0.608. The molecule has 1 aliphatic heterocycles. The number of aliphatic hydroxyl groups is 2. The molecule has 0 bridgehead atoms. The number of benzene rings is 1. The minimum Gasteiger partial charge on any atom is -0.393 e. The van der Waals surface area contributed by atoms with E-state index in [1.165, 1.54) is 36.9 Å². The summed E-state index contributed by atoms with van der Waals surface area (Å²) in [7, 11) is -2.19. The summed E-state index contributed by atoms with van der Waals surface area (Å²) in [6, 6.07) is 4.47. The highest BCUT2D eigenvalue weighted by Gasteiger charge is 2.57. The van der Waals surface area contributed by atoms with Gasteiger partial charge in [0, 0.05) is 18.2 Å². The number of sulfone groups is 1. The maximum Gasteiger partial charge on any atom is 0.268 e. The van der Waals surface area contributed by atoms with E-state index < -0.39 is 57.5 Å². The fraction of sp³-hybridized carbons (Fsp3) is 0.368. The van der Waals surface area contributed by atoms with Gasteiger partial charge in [-0.25, -0.2) is 13.9 Å². The molecule has 0 radical (unpaired) electrons. The lowest BCUT2D eigenvalue weighted by molar-refractivity contribution is -0.138. The van der Waals surface area contributed by atoms with E-state index in [1.54, 1.807) is 0 Å². The van der Waals surface area contributed by atoms with Crippen molar-refractivity contribution in [2.75, 3.05) is 25.2 Å². The first-order chi connectivity index (χ1) is 14.2. The molecule has 1 saturated heterocycles. The van der Waals surface area contributed by atoms with Gasteiger partial charge in [0.25, 0.3) is 11.8 Å². The van der Waals surface area contributed by atoms with Crippen LogP contribution in [-0.2, 0) is 19.4 Å². The molecular weight excluding hydrogens is 416 g/mol. The molecule has 160 valence electrons. The van der Waals surface area contributed by atoms with Crippen molar-refractivity contribution in [2.24, 2.45) is 0 Å². The lowest BCUT2D eigenvalue weighted by Gasteiger charge is -2.44. The Balaban J connectivity index is 2.14. The van der Waals surface area contributed by atoms with Crippen LogP contribution in [0.15, 0.2) is 24.3 Å². The van der Waals surface area contributed by atoms with Gasteiger partial charge in [-0.15, -0.1) is 0 Å². The summed E-state index contributed by atoms with van der Waals surface area (Å²) in [5, 5.41) is 29.1. The van der Waals surface area contributed by atoms with E-state index in [4.69, 9.17) is 20.2 Å². The van der Waals surface area contributed by atoms with Crippen molar-refractivity contribution in [3.8, 4) is 23.7 Å². The number of hydrogen-bond acceptors (Lipinski definition) is 8. The maximum absolute atomic E-state index is 12.5. The molecule has 0 aromatic heterocycles.